The smallest absolute Gasteiger partial charge is 0.140 e. The van der Waals surface area contributed by atoms with Gasteiger partial charge in [0.15, 0.2) is 0 Å². The van der Waals surface area contributed by atoms with Crippen LogP contribution in [0, 0.1) is 11.3 Å². The second-order valence-corrected chi connectivity index (χ2v) is 4.85. The molecule has 2 rings (SSSR count). The van der Waals surface area contributed by atoms with Crippen molar-refractivity contribution in [2.75, 3.05) is 0 Å². The van der Waals surface area contributed by atoms with Gasteiger partial charge in [0.25, 0.3) is 0 Å². The number of halogens is 2. The van der Waals surface area contributed by atoms with Crippen LogP contribution >= 0.6 is 27.5 Å². The summed E-state index contributed by atoms with van der Waals surface area (Å²) >= 11 is 9.36. The SMILES string of the molecule is N#Cc1cc(COc2cc(Br)ccc2Cl)ccn1. The zero-order valence-corrected chi connectivity index (χ0v) is 11.6. The third-order valence-corrected chi connectivity index (χ3v) is 3.03. The molecule has 1 aromatic carbocycles. The summed E-state index contributed by atoms with van der Waals surface area (Å²) in [4.78, 5) is 3.89. The lowest BCUT2D eigenvalue weighted by Crippen LogP contribution is -1.97. The first-order chi connectivity index (χ1) is 8.69. The van der Waals surface area contributed by atoms with E-state index in [0.29, 0.717) is 23.1 Å². The Hall–Kier alpha value is -1.57. The summed E-state index contributed by atoms with van der Waals surface area (Å²) < 4.78 is 6.50. The molecule has 0 fully saturated rings. The maximum atomic E-state index is 8.75. The Balaban J connectivity index is 2.11. The average molecular weight is 324 g/mol. The summed E-state index contributed by atoms with van der Waals surface area (Å²) in [6.07, 6.45) is 1.58. The van der Waals surface area contributed by atoms with E-state index in [1.165, 1.54) is 0 Å². The van der Waals surface area contributed by atoms with Crippen molar-refractivity contribution in [3.8, 4) is 11.8 Å². The van der Waals surface area contributed by atoms with E-state index in [-0.39, 0.29) is 0 Å². The summed E-state index contributed by atoms with van der Waals surface area (Å²) in [6, 6.07) is 10.9. The number of ether oxygens (including phenoxy) is 1. The summed E-state index contributed by atoms with van der Waals surface area (Å²) in [7, 11) is 0. The van der Waals surface area contributed by atoms with Gasteiger partial charge in [0.1, 0.15) is 24.1 Å². The van der Waals surface area contributed by atoms with E-state index in [2.05, 4.69) is 20.9 Å². The molecule has 0 radical (unpaired) electrons. The Labute approximate surface area is 118 Å². The molecule has 1 heterocycles. The monoisotopic (exact) mass is 322 g/mol. The third kappa shape index (κ3) is 3.22. The molecule has 0 aliphatic rings. The van der Waals surface area contributed by atoms with Crippen molar-refractivity contribution in [2.45, 2.75) is 6.61 Å². The largest absolute Gasteiger partial charge is 0.487 e. The molecule has 90 valence electrons. The molecule has 0 N–H and O–H groups in total. The minimum absolute atomic E-state index is 0.341. The number of rotatable bonds is 3. The Morgan fingerprint density at radius 3 is 2.94 bits per heavy atom. The Bertz CT molecular complexity index is 610. The molecule has 0 bridgehead atoms. The van der Waals surface area contributed by atoms with Gasteiger partial charge in [0, 0.05) is 10.7 Å². The van der Waals surface area contributed by atoms with Crippen LogP contribution < -0.4 is 4.74 Å². The second kappa shape index (κ2) is 5.85. The number of benzene rings is 1. The molecule has 0 saturated carbocycles. The van der Waals surface area contributed by atoms with Gasteiger partial charge in [-0.25, -0.2) is 4.98 Å². The van der Waals surface area contributed by atoms with E-state index in [4.69, 9.17) is 21.6 Å². The zero-order chi connectivity index (χ0) is 13.0. The van der Waals surface area contributed by atoms with Crippen molar-refractivity contribution < 1.29 is 4.74 Å². The van der Waals surface area contributed by atoms with Crippen LogP contribution in [-0.4, -0.2) is 4.98 Å². The molecule has 0 unspecified atom stereocenters. The molecule has 3 nitrogen and oxygen atoms in total. The lowest BCUT2D eigenvalue weighted by molar-refractivity contribution is 0.306. The van der Waals surface area contributed by atoms with Crippen LogP contribution in [0.3, 0.4) is 0 Å². The van der Waals surface area contributed by atoms with Gasteiger partial charge in [-0.1, -0.05) is 27.5 Å². The molecule has 0 aliphatic heterocycles. The first kappa shape index (κ1) is 12.9. The topological polar surface area (TPSA) is 45.9 Å². The normalized spacial score (nSPS) is 9.83. The van der Waals surface area contributed by atoms with Gasteiger partial charge in [-0.2, -0.15) is 5.26 Å². The van der Waals surface area contributed by atoms with Gasteiger partial charge < -0.3 is 4.74 Å². The summed E-state index contributed by atoms with van der Waals surface area (Å²) in [5.74, 6) is 0.598. The van der Waals surface area contributed by atoms with Crippen molar-refractivity contribution >= 4 is 27.5 Å². The molecule has 0 aliphatic carbocycles. The van der Waals surface area contributed by atoms with Gasteiger partial charge in [0.05, 0.1) is 5.02 Å². The highest BCUT2D eigenvalue weighted by Gasteiger charge is 2.03. The highest BCUT2D eigenvalue weighted by molar-refractivity contribution is 9.10. The van der Waals surface area contributed by atoms with Crippen LogP contribution in [0.1, 0.15) is 11.3 Å². The van der Waals surface area contributed by atoms with Crippen molar-refractivity contribution in [3.63, 3.8) is 0 Å². The van der Waals surface area contributed by atoms with Gasteiger partial charge in [-0.05, 0) is 35.9 Å². The number of pyridine rings is 1. The standard InChI is InChI=1S/C13H8BrClN2O/c14-10-1-2-12(15)13(6-10)18-8-9-3-4-17-11(5-9)7-16/h1-6H,8H2. The van der Waals surface area contributed by atoms with Crippen molar-refractivity contribution in [1.82, 2.24) is 4.98 Å². The highest BCUT2D eigenvalue weighted by Crippen LogP contribution is 2.28. The maximum Gasteiger partial charge on any atom is 0.140 e. The van der Waals surface area contributed by atoms with E-state index in [1.807, 2.05) is 12.1 Å². The van der Waals surface area contributed by atoms with E-state index in [9.17, 15) is 0 Å². The molecule has 0 atom stereocenters. The number of hydrogen-bond acceptors (Lipinski definition) is 3. The third-order valence-electron chi connectivity index (χ3n) is 2.23. The lowest BCUT2D eigenvalue weighted by atomic mass is 10.2. The van der Waals surface area contributed by atoms with Crippen molar-refractivity contribution in [1.29, 1.82) is 5.26 Å². The minimum atomic E-state index is 0.341. The van der Waals surface area contributed by atoms with Crippen molar-refractivity contribution in [2.24, 2.45) is 0 Å². The first-order valence-electron chi connectivity index (χ1n) is 5.12. The lowest BCUT2D eigenvalue weighted by Gasteiger charge is -2.08. The predicted molar refractivity (Wildman–Crippen MR) is 72.4 cm³/mol. The zero-order valence-electron chi connectivity index (χ0n) is 9.23. The van der Waals surface area contributed by atoms with Crippen LogP contribution in [0.2, 0.25) is 5.02 Å². The van der Waals surface area contributed by atoms with Crippen LogP contribution in [0.5, 0.6) is 5.75 Å². The Morgan fingerprint density at radius 1 is 1.33 bits per heavy atom. The van der Waals surface area contributed by atoms with Gasteiger partial charge in [0.2, 0.25) is 0 Å². The van der Waals surface area contributed by atoms with Crippen molar-refractivity contribution in [3.05, 3.63) is 57.3 Å². The number of nitrogens with zero attached hydrogens (tertiary/aromatic N) is 2. The van der Waals surface area contributed by atoms with Gasteiger partial charge >= 0.3 is 0 Å². The number of aromatic nitrogens is 1. The molecule has 0 amide bonds. The molecule has 0 saturated heterocycles. The maximum absolute atomic E-state index is 8.75. The van der Waals surface area contributed by atoms with E-state index >= 15 is 0 Å². The van der Waals surface area contributed by atoms with Crippen LogP contribution in [0.15, 0.2) is 41.0 Å². The molecular formula is C13H8BrClN2O. The van der Waals surface area contributed by atoms with Gasteiger partial charge in [-0.3, -0.25) is 0 Å². The van der Waals surface area contributed by atoms with E-state index in [1.54, 1.807) is 30.5 Å². The number of hydrogen-bond donors (Lipinski definition) is 0. The number of nitriles is 1. The fraction of sp³-hybridized carbons (Fsp3) is 0.0769. The van der Waals surface area contributed by atoms with E-state index < -0.39 is 0 Å². The quantitative estimate of drug-likeness (QED) is 0.859. The summed E-state index contributed by atoms with van der Waals surface area (Å²) in [5.41, 5.74) is 1.24. The van der Waals surface area contributed by atoms with Crippen LogP contribution in [-0.2, 0) is 6.61 Å². The molecular weight excluding hydrogens is 316 g/mol. The first-order valence-corrected chi connectivity index (χ1v) is 6.29. The minimum Gasteiger partial charge on any atom is -0.487 e. The van der Waals surface area contributed by atoms with Gasteiger partial charge in [-0.15, -0.1) is 0 Å². The average Bonchev–Trinajstić information content (AvgIpc) is 2.40. The molecule has 1 aromatic heterocycles. The molecule has 2 aromatic rings. The Kier molecular flexibility index (Phi) is 4.19. The van der Waals surface area contributed by atoms with Crippen LogP contribution in [0.4, 0.5) is 0 Å². The second-order valence-electron chi connectivity index (χ2n) is 3.52. The molecule has 0 spiro atoms. The predicted octanol–water partition coefficient (Wildman–Crippen LogP) is 3.95. The van der Waals surface area contributed by atoms with E-state index in [0.717, 1.165) is 10.0 Å². The summed E-state index contributed by atoms with van der Waals surface area (Å²) in [6.45, 7) is 0.341. The Morgan fingerprint density at radius 2 is 2.17 bits per heavy atom. The van der Waals surface area contributed by atoms with Crippen LogP contribution in [0.25, 0.3) is 0 Å². The molecule has 5 heteroatoms. The molecule has 18 heavy (non-hydrogen) atoms. The fourth-order valence-electron chi connectivity index (χ4n) is 1.37. The highest BCUT2D eigenvalue weighted by atomic mass is 79.9. The fourth-order valence-corrected chi connectivity index (χ4v) is 1.89. The summed E-state index contributed by atoms with van der Waals surface area (Å²) in [5, 5.41) is 9.30.